The molecule has 2 rings (SSSR count). The minimum atomic E-state index is 0.429. The van der Waals surface area contributed by atoms with E-state index in [1.165, 1.54) is 38.6 Å². The number of hydrogen-bond acceptors (Lipinski definition) is 3. The van der Waals surface area contributed by atoms with Crippen molar-refractivity contribution in [3.05, 3.63) is 29.8 Å². The normalized spacial score (nSPS) is 22.0. The highest BCUT2D eigenvalue weighted by molar-refractivity contribution is 5.31. The van der Waals surface area contributed by atoms with E-state index in [0.717, 1.165) is 37.7 Å². The van der Waals surface area contributed by atoms with E-state index in [0.29, 0.717) is 5.75 Å². The van der Waals surface area contributed by atoms with E-state index in [4.69, 9.17) is 0 Å². The molecule has 1 atom stereocenters. The summed E-state index contributed by atoms with van der Waals surface area (Å²) in [6, 6.07) is 7.75. The average Bonchev–Trinajstić information content (AvgIpc) is 2.60. The predicted molar refractivity (Wildman–Crippen MR) is 93.1 cm³/mol. The molecule has 0 saturated carbocycles. The third-order valence-corrected chi connectivity index (χ3v) is 4.92. The van der Waals surface area contributed by atoms with E-state index in [1.54, 1.807) is 6.07 Å². The van der Waals surface area contributed by atoms with Gasteiger partial charge in [-0.25, -0.2) is 0 Å². The minimum Gasteiger partial charge on any atom is -0.508 e. The van der Waals surface area contributed by atoms with Gasteiger partial charge in [-0.15, -0.1) is 0 Å². The van der Waals surface area contributed by atoms with Crippen molar-refractivity contribution in [3.63, 3.8) is 0 Å². The molecule has 0 bridgehead atoms. The summed E-state index contributed by atoms with van der Waals surface area (Å²) in [6.07, 6.45) is 6.65. The number of nitrogens with zero attached hydrogens (tertiary/aromatic N) is 2. The van der Waals surface area contributed by atoms with Crippen LogP contribution in [-0.2, 0) is 6.54 Å². The van der Waals surface area contributed by atoms with Gasteiger partial charge in [0.05, 0.1) is 0 Å². The third-order valence-electron chi connectivity index (χ3n) is 4.92. The van der Waals surface area contributed by atoms with Crippen LogP contribution >= 0.6 is 0 Å². The Kier molecular flexibility index (Phi) is 7.20. The fourth-order valence-corrected chi connectivity index (χ4v) is 3.27. The van der Waals surface area contributed by atoms with Crippen molar-refractivity contribution in [1.82, 2.24) is 9.80 Å². The van der Waals surface area contributed by atoms with E-state index < -0.39 is 0 Å². The van der Waals surface area contributed by atoms with E-state index in [9.17, 15) is 5.11 Å². The Morgan fingerprint density at radius 2 is 1.86 bits per heavy atom. The van der Waals surface area contributed by atoms with Gasteiger partial charge in [0.2, 0.25) is 0 Å². The molecule has 0 radical (unpaired) electrons. The number of phenols is 1. The maximum absolute atomic E-state index is 10.0. The van der Waals surface area contributed by atoms with Crippen LogP contribution in [0.4, 0.5) is 0 Å². The summed E-state index contributed by atoms with van der Waals surface area (Å²) < 4.78 is 0. The molecular formula is C19H32N2O. The van der Waals surface area contributed by atoms with Gasteiger partial charge in [-0.2, -0.15) is 0 Å². The second-order valence-electron chi connectivity index (χ2n) is 6.79. The summed E-state index contributed by atoms with van der Waals surface area (Å²) >= 11 is 0. The number of unbranched alkanes of at least 4 members (excludes halogenated alkanes) is 1. The molecule has 3 nitrogen and oxygen atoms in total. The van der Waals surface area contributed by atoms with E-state index in [-0.39, 0.29) is 0 Å². The number of benzene rings is 1. The second kappa shape index (κ2) is 9.16. The van der Waals surface area contributed by atoms with Crippen LogP contribution in [0.5, 0.6) is 5.75 Å². The molecule has 0 aliphatic carbocycles. The van der Waals surface area contributed by atoms with Gasteiger partial charge in [-0.1, -0.05) is 44.4 Å². The lowest BCUT2D eigenvalue weighted by atomic mass is 9.94. The first-order valence-electron chi connectivity index (χ1n) is 8.86. The Morgan fingerprint density at radius 3 is 2.64 bits per heavy atom. The molecule has 22 heavy (non-hydrogen) atoms. The maximum Gasteiger partial charge on any atom is 0.120 e. The molecule has 0 amide bonds. The molecule has 0 spiro atoms. The largest absolute Gasteiger partial charge is 0.508 e. The van der Waals surface area contributed by atoms with Crippen LogP contribution in [0.3, 0.4) is 0 Å². The predicted octanol–water partition coefficient (Wildman–Crippen LogP) is 3.73. The molecular weight excluding hydrogens is 272 g/mol. The molecule has 1 unspecified atom stereocenters. The average molecular weight is 304 g/mol. The molecule has 1 saturated heterocycles. The van der Waals surface area contributed by atoms with Gasteiger partial charge in [-0.3, -0.25) is 4.90 Å². The van der Waals surface area contributed by atoms with Crippen LogP contribution < -0.4 is 0 Å². The van der Waals surface area contributed by atoms with Crippen LogP contribution in [0.25, 0.3) is 0 Å². The Hall–Kier alpha value is -1.06. The maximum atomic E-state index is 10.0. The molecule has 1 aromatic rings. The lowest BCUT2D eigenvalue weighted by Gasteiger charge is -2.24. The zero-order chi connectivity index (χ0) is 15.8. The van der Waals surface area contributed by atoms with Gasteiger partial charge in [0, 0.05) is 25.2 Å². The summed E-state index contributed by atoms with van der Waals surface area (Å²) in [5.74, 6) is 1.28. The molecule has 1 aromatic carbocycles. The Labute approximate surface area is 135 Å². The fourth-order valence-electron chi connectivity index (χ4n) is 3.27. The Morgan fingerprint density at radius 1 is 1.09 bits per heavy atom. The fraction of sp³-hybridized carbons (Fsp3) is 0.684. The standard InChI is InChI=1S/C19H32N2O/c1-3-4-7-17-10-12-20(2)14-15-21(13-11-17)16-18-8-5-6-9-19(18)22/h5-6,8-9,17,22H,3-4,7,10-16H2,1-2H3. The highest BCUT2D eigenvalue weighted by Gasteiger charge is 2.17. The van der Waals surface area contributed by atoms with Gasteiger partial charge >= 0.3 is 0 Å². The minimum absolute atomic E-state index is 0.429. The van der Waals surface area contributed by atoms with Crippen molar-refractivity contribution < 1.29 is 5.11 Å². The second-order valence-corrected chi connectivity index (χ2v) is 6.79. The molecule has 1 heterocycles. The number of likely N-dealkylation sites (N-methyl/N-ethyl adjacent to an activating group) is 1. The van der Waals surface area contributed by atoms with Crippen molar-refractivity contribution in [2.75, 3.05) is 33.2 Å². The van der Waals surface area contributed by atoms with Crippen molar-refractivity contribution in [1.29, 1.82) is 0 Å². The first kappa shape index (κ1) is 17.3. The summed E-state index contributed by atoms with van der Waals surface area (Å²) in [5, 5.41) is 10.0. The topological polar surface area (TPSA) is 26.7 Å². The van der Waals surface area contributed by atoms with Crippen LogP contribution in [0.15, 0.2) is 24.3 Å². The number of para-hydroxylation sites is 1. The molecule has 1 aliphatic rings. The highest BCUT2D eigenvalue weighted by atomic mass is 16.3. The number of aromatic hydroxyl groups is 1. The van der Waals surface area contributed by atoms with E-state index >= 15 is 0 Å². The summed E-state index contributed by atoms with van der Waals surface area (Å²) in [5.41, 5.74) is 1.05. The van der Waals surface area contributed by atoms with Gasteiger partial charge < -0.3 is 10.0 Å². The first-order chi connectivity index (χ1) is 10.7. The zero-order valence-corrected chi connectivity index (χ0v) is 14.3. The molecule has 1 N–H and O–H groups in total. The number of rotatable bonds is 5. The Bertz CT molecular complexity index is 435. The molecule has 0 aromatic heterocycles. The monoisotopic (exact) mass is 304 g/mol. The molecule has 1 aliphatic heterocycles. The zero-order valence-electron chi connectivity index (χ0n) is 14.3. The SMILES string of the molecule is CCCCC1CCN(C)CCN(Cc2ccccc2O)CC1. The van der Waals surface area contributed by atoms with Gasteiger partial charge in [0.25, 0.3) is 0 Å². The van der Waals surface area contributed by atoms with Crippen molar-refractivity contribution in [2.45, 2.75) is 45.6 Å². The molecule has 1 fully saturated rings. The summed E-state index contributed by atoms with van der Waals surface area (Å²) in [4.78, 5) is 4.97. The van der Waals surface area contributed by atoms with Crippen molar-refractivity contribution in [3.8, 4) is 5.75 Å². The van der Waals surface area contributed by atoms with Crippen LogP contribution in [0.2, 0.25) is 0 Å². The van der Waals surface area contributed by atoms with Crippen LogP contribution in [0.1, 0.15) is 44.6 Å². The highest BCUT2D eigenvalue weighted by Crippen LogP contribution is 2.22. The lowest BCUT2D eigenvalue weighted by Crippen LogP contribution is -2.32. The third kappa shape index (κ3) is 5.62. The van der Waals surface area contributed by atoms with Crippen LogP contribution in [-0.4, -0.2) is 48.1 Å². The van der Waals surface area contributed by atoms with E-state index in [2.05, 4.69) is 23.8 Å². The molecule has 3 heteroatoms. The van der Waals surface area contributed by atoms with Gasteiger partial charge in [-0.05, 0) is 45.0 Å². The molecule has 124 valence electrons. The van der Waals surface area contributed by atoms with E-state index in [1.807, 2.05) is 18.2 Å². The van der Waals surface area contributed by atoms with Gasteiger partial charge in [0.15, 0.2) is 0 Å². The summed E-state index contributed by atoms with van der Waals surface area (Å²) in [7, 11) is 2.24. The van der Waals surface area contributed by atoms with Crippen molar-refractivity contribution in [2.24, 2.45) is 5.92 Å². The lowest BCUT2D eigenvalue weighted by molar-refractivity contribution is 0.225. The number of phenolic OH excluding ortho intramolecular Hbond substituents is 1. The Balaban J connectivity index is 1.96. The quantitative estimate of drug-likeness (QED) is 0.898. The van der Waals surface area contributed by atoms with Crippen LogP contribution in [0, 0.1) is 5.92 Å². The van der Waals surface area contributed by atoms with Gasteiger partial charge in [0.1, 0.15) is 5.75 Å². The first-order valence-corrected chi connectivity index (χ1v) is 8.86. The van der Waals surface area contributed by atoms with Crippen molar-refractivity contribution >= 4 is 0 Å². The summed E-state index contributed by atoms with van der Waals surface area (Å²) in [6.45, 7) is 7.72. The smallest absolute Gasteiger partial charge is 0.120 e. The number of hydrogen-bond donors (Lipinski definition) is 1.